The molecule has 0 spiro atoms. The molecule has 0 aromatic heterocycles. The first-order chi connectivity index (χ1) is 9.16. The number of carbonyl (C=O) groups excluding carboxylic acids is 1. The first-order valence-electron chi connectivity index (χ1n) is 5.51. The van der Waals surface area contributed by atoms with Crippen molar-refractivity contribution >= 4 is 43.6 Å². The van der Waals surface area contributed by atoms with Gasteiger partial charge in [0.2, 0.25) is 5.78 Å². The van der Waals surface area contributed by atoms with Crippen molar-refractivity contribution < 1.29 is 4.79 Å². The molecule has 0 aliphatic heterocycles. The first-order valence-corrected chi connectivity index (χ1v) is 6.68. The summed E-state index contributed by atoms with van der Waals surface area (Å²) in [6.45, 7) is 0. The Bertz CT molecular complexity index is 597. The number of rotatable bonds is 4. The van der Waals surface area contributed by atoms with Crippen LogP contribution in [0.2, 0.25) is 5.02 Å². The summed E-state index contributed by atoms with van der Waals surface area (Å²) < 4.78 is 0.216. The number of hydrogen-bond acceptors (Lipinski definition) is 3. The van der Waals surface area contributed by atoms with E-state index in [9.17, 15) is 4.79 Å². The minimum atomic E-state index is -0.179. The second-order valence-electron chi connectivity index (χ2n) is 3.72. The van der Waals surface area contributed by atoms with Crippen LogP contribution in [0.1, 0.15) is 10.4 Å². The van der Waals surface area contributed by atoms with Crippen molar-refractivity contribution in [3.05, 3.63) is 65.2 Å². The average molecular weight is 338 g/mol. The van der Waals surface area contributed by atoms with Crippen molar-refractivity contribution in [2.24, 2.45) is 5.10 Å². The zero-order valence-electron chi connectivity index (χ0n) is 9.81. The highest BCUT2D eigenvalue weighted by molar-refractivity contribution is 9.19. The third kappa shape index (κ3) is 3.91. The Morgan fingerprint density at radius 1 is 1.05 bits per heavy atom. The summed E-state index contributed by atoms with van der Waals surface area (Å²) in [5.41, 5.74) is 4.12. The highest BCUT2D eigenvalue weighted by Gasteiger charge is 2.10. The lowest BCUT2D eigenvalue weighted by molar-refractivity contribution is 0.106. The van der Waals surface area contributed by atoms with Crippen molar-refractivity contribution in [2.75, 3.05) is 5.43 Å². The Balaban J connectivity index is 2.07. The quantitative estimate of drug-likeness (QED) is 0.512. The first kappa shape index (κ1) is 13.8. The van der Waals surface area contributed by atoms with Gasteiger partial charge < -0.3 is 0 Å². The Morgan fingerprint density at radius 3 is 2.32 bits per heavy atom. The Hall–Kier alpha value is -1.65. The molecular weight excluding hydrogens is 328 g/mol. The average Bonchev–Trinajstić information content (AvgIpc) is 2.46. The van der Waals surface area contributed by atoms with Gasteiger partial charge in [0.25, 0.3) is 0 Å². The van der Waals surface area contributed by atoms with E-state index in [0.717, 1.165) is 5.69 Å². The molecule has 0 heterocycles. The summed E-state index contributed by atoms with van der Waals surface area (Å²) >= 11 is 8.94. The summed E-state index contributed by atoms with van der Waals surface area (Å²) in [6, 6.07) is 16.0. The largest absolute Gasteiger partial charge is 0.286 e. The van der Waals surface area contributed by atoms with E-state index in [1.54, 1.807) is 48.5 Å². The van der Waals surface area contributed by atoms with Crippen molar-refractivity contribution in [1.82, 2.24) is 0 Å². The molecule has 0 saturated heterocycles. The van der Waals surface area contributed by atoms with Crippen molar-refractivity contribution in [2.45, 2.75) is 0 Å². The number of hydrogen-bond donors (Lipinski definition) is 1. The molecule has 0 radical (unpaired) electrons. The highest BCUT2D eigenvalue weighted by Crippen LogP contribution is 2.14. The molecular formula is C14H10BrClN2O. The molecule has 0 saturated carbocycles. The highest BCUT2D eigenvalue weighted by atomic mass is 79.9. The van der Waals surface area contributed by atoms with Crippen molar-refractivity contribution in [1.29, 1.82) is 0 Å². The lowest BCUT2D eigenvalue weighted by Crippen LogP contribution is -2.09. The maximum absolute atomic E-state index is 12.0. The molecule has 0 aliphatic carbocycles. The number of nitrogens with zero attached hydrogens (tertiary/aromatic N) is 1. The minimum absolute atomic E-state index is 0.179. The number of halogens is 2. The van der Waals surface area contributed by atoms with E-state index in [0.29, 0.717) is 10.6 Å². The molecule has 2 rings (SSSR count). The third-order valence-corrected chi connectivity index (χ3v) is 3.14. The molecule has 96 valence electrons. The van der Waals surface area contributed by atoms with E-state index < -0.39 is 0 Å². The summed E-state index contributed by atoms with van der Waals surface area (Å²) in [5, 5.41) is 4.64. The fourth-order valence-electron chi connectivity index (χ4n) is 1.40. The Kier molecular flexibility index (Phi) is 4.71. The van der Waals surface area contributed by atoms with Gasteiger partial charge >= 0.3 is 0 Å². The van der Waals surface area contributed by atoms with Crippen LogP contribution in [0.3, 0.4) is 0 Å². The van der Waals surface area contributed by atoms with Crippen molar-refractivity contribution in [3.63, 3.8) is 0 Å². The van der Waals surface area contributed by atoms with E-state index in [2.05, 4.69) is 26.5 Å². The molecule has 0 unspecified atom stereocenters. The molecule has 5 heteroatoms. The second-order valence-corrected chi connectivity index (χ2v) is 4.90. The maximum atomic E-state index is 12.0. The molecule has 0 amide bonds. The normalized spacial score (nSPS) is 11.2. The van der Waals surface area contributed by atoms with Crippen LogP contribution in [-0.4, -0.2) is 10.4 Å². The summed E-state index contributed by atoms with van der Waals surface area (Å²) in [5.74, 6) is -0.179. The van der Waals surface area contributed by atoms with Crippen LogP contribution < -0.4 is 5.43 Å². The van der Waals surface area contributed by atoms with Crippen LogP contribution in [0, 0.1) is 0 Å². The minimum Gasteiger partial charge on any atom is -0.286 e. The topological polar surface area (TPSA) is 41.5 Å². The van der Waals surface area contributed by atoms with Crippen molar-refractivity contribution in [3.8, 4) is 0 Å². The van der Waals surface area contributed by atoms with Crippen LogP contribution in [0.15, 0.2) is 59.7 Å². The zero-order chi connectivity index (χ0) is 13.7. The number of nitrogens with one attached hydrogen (secondary N) is 1. The number of hydrazone groups is 1. The van der Waals surface area contributed by atoms with Gasteiger partial charge in [-0.15, -0.1) is 0 Å². The van der Waals surface area contributed by atoms with Gasteiger partial charge in [-0.3, -0.25) is 10.2 Å². The molecule has 3 nitrogen and oxygen atoms in total. The summed E-state index contributed by atoms with van der Waals surface area (Å²) in [7, 11) is 0. The number of carbonyl (C=O) groups is 1. The maximum Gasteiger partial charge on any atom is 0.220 e. The fraction of sp³-hybridized carbons (Fsp3) is 0. The predicted octanol–water partition coefficient (Wildman–Crippen LogP) is 4.34. The number of ketones is 1. The van der Waals surface area contributed by atoms with E-state index in [-0.39, 0.29) is 10.4 Å². The van der Waals surface area contributed by atoms with E-state index in [1.807, 2.05) is 6.07 Å². The lowest BCUT2D eigenvalue weighted by atomic mass is 10.1. The Morgan fingerprint density at radius 2 is 1.68 bits per heavy atom. The van der Waals surface area contributed by atoms with Crippen LogP contribution in [-0.2, 0) is 0 Å². The molecule has 0 bridgehead atoms. The molecule has 0 aliphatic rings. The molecule has 19 heavy (non-hydrogen) atoms. The van der Waals surface area contributed by atoms with Gasteiger partial charge in [0.05, 0.1) is 5.69 Å². The monoisotopic (exact) mass is 336 g/mol. The Labute approximate surface area is 124 Å². The molecule has 0 atom stereocenters. The SMILES string of the molecule is O=C(/C(Br)=N/Nc1ccc(Cl)cc1)c1ccccc1. The van der Waals surface area contributed by atoms with Gasteiger partial charge in [0, 0.05) is 10.6 Å². The number of benzene rings is 2. The lowest BCUT2D eigenvalue weighted by Gasteiger charge is -2.02. The molecule has 2 aromatic carbocycles. The molecule has 2 aromatic rings. The van der Waals surface area contributed by atoms with Crippen LogP contribution in [0.25, 0.3) is 0 Å². The van der Waals surface area contributed by atoms with Gasteiger partial charge in [0.1, 0.15) is 0 Å². The number of Topliss-reactive ketones (excluding diaryl/α,β-unsaturated/α-hetero) is 1. The molecule has 1 N–H and O–H groups in total. The van der Waals surface area contributed by atoms with Gasteiger partial charge in [0.15, 0.2) is 4.62 Å². The van der Waals surface area contributed by atoms with E-state index in [1.165, 1.54) is 0 Å². The summed E-state index contributed by atoms with van der Waals surface area (Å²) in [6.07, 6.45) is 0. The van der Waals surface area contributed by atoms with Gasteiger partial charge in [-0.1, -0.05) is 41.9 Å². The van der Waals surface area contributed by atoms with E-state index in [4.69, 9.17) is 11.6 Å². The van der Waals surface area contributed by atoms with E-state index >= 15 is 0 Å². The number of anilines is 1. The summed E-state index contributed by atoms with van der Waals surface area (Å²) in [4.78, 5) is 12.0. The van der Waals surface area contributed by atoms with Crippen LogP contribution in [0.4, 0.5) is 5.69 Å². The third-order valence-electron chi connectivity index (χ3n) is 2.35. The zero-order valence-corrected chi connectivity index (χ0v) is 12.1. The molecule has 0 fully saturated rings. The standard InChI is InChI=1S/C14H10BrClN2O/c15-14(13(19)10-4-2-1-3-5-10)18-17-12-8-6-11(16)7-9-12/h1-9,17H/b18-14-. The van der Waals surface area contributed by atoms with Crippen LogP contribution >= 0.6 is 27.5 Å². The van der Waals surface area contributed by atoms with Gasteiger partial charge in [-0.2, -0.15) is 5.10 Å². The smallest absolute Gasteiger partial charge is 0.220 e. The second kappa shape index (κ2) is 6.50. The van der Waals surface area contributed by atoms with Gasteiger partial charge in [-0.05, 0) is 40.2 Å². The predicted molar refractivity (Wildman–Crippen MR) is 82.2 cm³/mol. The fourth-order valence-corrected chi connectivity index (χ4v) is 1.84. The van der Waals surface area contributed by atoms with Crippen LogP contribution in [0.5, 0.6) is 0 Å². The van der Waals surface area contributed by atoms with Gasteiger partial charge in [-0.25, -0.2) is 0 Å².